The van der Waals surface area contributed by atoms with Crippen molar-refractivity contribution in [2.45, 2.75) is 77.0 Å². The van der Waals surface area contributed by atoms with E-state index in [-0.39, 0.29) is 58.7 Å². The maximum Gasteiger partial charge on any atom is 0.362 e. The fourth-order valence-electron chi connectivity index (χ4n) is 6.84. The quantitative estimate of drug-likeness (QED) is 0.0636. The van der Waals surface area contributed by atoms with Gasteiger partial charge in [-0.15, -0.1) is 5.10 Å². The molecule has 4 heterocycles. The van der Waals surface area contributed by atoms with Crippen LogP contribution in [0.1, 0.15) is 75.3 Å². The number of nitriles is 1. The normalized spacial score (nSPS) is 14.4. The van der Waals surface area contributed by atoms with Crippen LogP contribution in [-0.2, 0) is 52.5 Å². The predicted octanol–water partition coefficient (Wildman–Crippen LogP) is 5.66. The molecule has 3 N–H and O–H groups in total. The van der Waals surface area contributed by atoms with E-state index >= 15 is 0 Å². The van der Waals surface area contributed by atoms with Crippen LogP contribution in [0.15, 0.2) is 51.8 Å². The number of anilines is 2. The fourth-order valence-corrected chi connectivity index (χ4v) is 7.71. The molecule has 0 fully saturated rings. The molecule has 0 saturated heterocycles. The van der Waals surface area contributed by atoms with Gasteiger partial charge in [-0.25, -0.2) is 9.48 Å². The van der Waals surface area contributed by atoms with E-state index in [1.54, 1.807) is 18.3 Å². The molecule has 2 aromatic heterocycles. The number of benzene rings is 2. The third-order valence-electron chi connectivity index (χ3n) is 9.40. The minimum absolute atomic E-state index is 0. The minimum atomic E-state index is -3.12. The van der Waals surface area contributed by atoms with Crippen LogP contribution in [0.4, 0.5) is 11.4 Å². The zero-order chi connectivity index (χ0) is 37.2. The van der Waals surface area contributed by atoms with Gasteiger partial charge in [0.25, 0.3) is 0 Å². The summed E-state index contributed by atoms with van der Waals surface area (Å²) in [6.45, 7) is 3.04. The Kier molecular flexibility index (Phi) is 14.8. The van der Waals surface area contributed by atoms with Gasteiger partial charge >= 0.3 is 5.63 Å². The number of aromatic nitrogens is 3. The monoisotopic (exact) mass is 927 g/mol. The van der Waals surface area contributed by atoms with Crippen molar-refractivity contribution in [2.24, 2.45) is 0 Å². The number of nitrogens with one attached hydrogen (secondary N) is 2. The van der Waals surface area contributed by atoms with Crippen LogP contribution < -0.4 is 21.2 Å². The number of amides is 2. The standard InChI is InChI=1S/C38H46N7O7P.W/c1-53(49,51-23-9-18-39)50-22-5-3-2-4-19-40-34(46)12-6-13-35(47)41-30-16-14-27(15-17-30)32-26-45(43-42-32)33-25-29-24-28-10-7-20-44-21-8-11-31(36(28)44)37(29)52-38(33)48;/h14-17,24-26,49H,1-13,19-23H2,(H,40,46)(H,41,47);. The van der Waals surface area contributed by atoms with Crippen molar-refractivity contribution in [1.82, 2.24) is 20.3 Å². The van der Waals surface area contributed by atoms with E-state index in [1.807, 2.05) is 24.3 Å². The van der Waals surface area contributed by atoms with E-state index in [4.69, 9.17) is 18.7 Å². The average molecular weight is 928 g/mol. The van der Waals surface area contributed by atoms with Gasteiger partial charge in [-0.05, 0) is 81.1 Å². The minimum Gasteiger partial charge on any atom is -0.421 e. The van der Waals surface area contributed by atoms with Crippen LogP contribution in [0.2, 0.25) is 0 Å². The van der Waals surface area contributed by atoms with E-state index in [1.165, 1.54) is 15.9 Å². The van der Waals surface area contributed by atoms with E-state index in [0.717, 1.165) is 81.0 Å². The van der Waals surface area contributed by atoms with Gasteiger partial charge in [0, 0.05) is 81.4 Å². The first kappa shape index (κ1) is 41.1. The van der Waals surface area contributed by atoms with Crippen molar-refractivity contribution >= 4 is 48.0 Å². The van der Waals surface area contributed by atoms with Crippen molar-refractivity contribution in [3.05, 3.63) is 64.1 Å². The molecule has 54 heavy (non-hydrogen) atoms. The maximum atomic E-state index is 13.2. The van der Waals surface area contributed by atoms with Crippen molar-refractivity contribution in [3.63, 3.8) is 0 Å². The van der Waals surface area contributed by atoms with Gasteiger partial charge in [-0.2, -0.15) is 5.26 Å². The van der Waals surface area contributed by atoms with Crippen molar-refractivity contribution < 1.29 is 49.0 Å². The topological polar surface area (TPSA) is 185 Å². The van der Waals surface area contributed by atoms with E-state index in [9.17, 15) is 19.3 Å². The Morgan fingerprint density at radius 3 is 2.54 bits per heavy atom. The predicted molar refractivity (Wildman–Crippen MR) is 204 cm³/mol. The van der Waals surface area contributed by atoms with Crippen LogP contribution in [0.3, 0.4) is 0 Å². The molecular formula is C38H46N7O7PW. The van der Waals surface area contributed by atoms with Crippen LogP contribution in [-0.4, -0.2) is 70.8 Å². The first-order valence-corrected chi connectivity index (χ1v) is 20.1. The van der Waals surface area contributed by atoms with Gasteiger partial charge in [0.1, 0.15) is 11.3 Å². The molecule has 286 valence electrons. The Bertz CT molecular complexity index is 2080. The van der Waals surface area contributed by atoms with Gasteiger partial charge < -0.3 is 33.9 Å². The Morgan fingerprint density at radius 1 is 1.00 bits per heavy atom. The summed E-state index contributed by atoms with van der Waals surface area (Å²) in [7, 11) is -3.12. The number of hydrogen-bond donors (Lipinski definition) is 3. The second-order valence-electron chi connectivity index (χ2n) is 13.4. The molecule has 2 aliphatic rings. The first-order chi connectivity index (χ1) is 25.7. The Balaban J connectivity index is 0.00000561. The molecule has 0 spiro atoms. The summed E-state index contributed by atoms with van der Waals surface area (Å²) in [6.07, 6.45) is 13.6. The van der Waals surface area contributed by atoms with Gasteiger partial charge in [0.2, 0.25) is 19.4 Å². The summed E-state index contributed by atoms with van der Waals surface area (Å²) in [5, 5.41) is 23.7. The Labute approximate surface area is 328 Å². The molecule has 1 unspecified atom stereocenters. The van der Waals surface area contributed by atoms with Crippen molar-refractivity contribution in [2.75, 3.05) is 43.1 Å². The molecule has 2 aliphatic heterocycles. The number of unbranched alkanes of at least 4 members (excludes halogenated alkanes) is 3. The number of aryl methyl sites for hydroxylation is 2. The summed E-state index contributed by atoms with van der Waals surface area (Å²) in [5.41, 5.74) is 6.16. The second kappa shape index (κ2) is 19.5. The summed E-state index contributed by atoms with van der Waals surface area (Å²) < 4.78 is 17.8. The molecule has 2 aromatic carbocycles. The molecule has 6 rings (SSSR count). The van der Waals surface area contributed by atoms with E-state index in [2.05, 4.69) is 38.2 Å². The molecule has 0 saturated carbocycles. The number of carbonyl (C=O) groups excluding carboxylic acids is 2. The van der Waals surface area contributed by atoms with Gasteiger partial charge in [-0.1, -0.05) is 30.2 Å². The number of nitrogens with zero attached hydrogens (tertiary/aromatic N) is 5. The first-order valence-electron chi connectivity index (χ1n) is 18.3. The number of rotatable bonds is 18. The smallest absolute Gasteiger partial charge is 0.362 e. The molecular weight excluding hydrogens is 881 g/mol. The van der Waals surface area contributed by atoms with Gasteiger partial charge in [-0.3, -0.25) is 9.59 Å². The molecule has 2 amide bonds. The third kappa shape index (κ3) is 10.8. The van der Waals surface area contributed by atoms with E-state index < -0.39 is 13.2 Å². The molecule has 0 aliphatic carbocycles. The Hall–Kier alpha value is -4.11. The van der Waals surface area contributed by atoms with Gasteiger partial charge in [0.15, 0.2) is 5.69 Å². The Morgan fingerprint density at radius 2 is 1.74 bits per heavy atom. The SMILES string of the molecule is C=P(O)(OCCC#N)OCCCCCCNC(=O)CCCC(=O)Nc1ccc(-c2cn(-c3cc4cc5c6c(c4oc3=O)CCCN6CCC5)nn2)cc1.[W]. The van der Waals surface area contributed by atoms with E-state index in [0.29, 0.717) is 42.2 Å². The summed E-state index contributed by atoms with van der Waals surface area (Å²) >= 11 is 0. The molecule has 1 atom stereocenters. The van der Waals surface area contributed by atoms with Crippen LogP contribution >= 0.6 is 7.57 Å². The maximum absolute atomic E-state index is 13.2. The largest absolute Gasteiger partial charge is 0.421 e. The zero-order valence-corrected chi connectivity index (χ0v) is 34.1. The van der Waals surface area contributed by atoms with Crippen LogP contribution in [0, 0.1) is 11.3 Å². The number of fused-ring (bicyclic) bond motifs is 2. The summed E-state index contributed by atoms with van der Waals surface area (Å²) in [5.74, 6) is -0.279. The van der Waals surface area contributed by atoms with Crippen molar-refractivity contribution in [3.8, 4) is 23.0 Å². The average Bonchev–Trinajstić information content (AvgIpc) is 3.63. The number of carbonyl (C=O) groups is 2. The summed E-state index contributed by atoms with van der Waals surface area (Å²) in [4.78, 5) is 50.3. The molecule has 16 heteroatoms. The molecule has 0 radical (unpaired) electrons. The van der Waals surface area contributed by atoms with Crippen molar-refractivity contribution in [1.29, 1.82) is 5.26 Å². The van der Waals surface area contributed by atoms with Crippen LogP contribution in [0.5, 0.6) is 0 Å². The zero-order valence-electron chi connectivity index (χ0n) is 30.3. The molecule has 4 aromatic rings. The molecule has 14 nitrogen and oxygen atoms in total. The second-order valence-corrected chi connectivity index (χ2v) is 15.2. The van der Waals surface area contributed by atoms with Gasteiger partial charge in [0.05, 0.1) is 31.9 Å². The third-order valence-corrected chi connectivity index (χ3v) is 10.6. The van der Waals surface area contributed by atoms with Crippen LogP contribution in [0.25, 0.3) is 27.9 Å². The molecule has 0 bridgehead atoms. The fraction of sp³-hybridized carbons (Fsp3) is 0.447. The number of hydrogen-bond acceptors (Lipinski definition) is 11. The summed E-state index contributed by atoms with van der Waals surface area (Å²) in [6, 6.07) is 13.1.